The van der Waals surface area contributed by atoms with E-state index in [1.807, 2.05) is 11.3 Å². The van der Waals surface area contributed by atoms with Crippen molar-refractivity contribution in [2.45, 2.75) is 38.5 Å². The summed E-state index contributed by atoms with van der Waals surface area (Å²) in [6, 6.07) is 0. The second kappa shape index (κ2) is 3.09. The van der Waals surface area contributed by atoms with Gasteiger partial charge in [0.05, 0.1) is 10.6 Å². The first-order valence-electron chi connectivity index (χ1n) is 5.25. The maximum Gasteiger partial charge on any atom is 0.0973 e. The third-order valence-corrected chi connectivity index (χ3v) is 4.66. The molecule has 0 fully saturated rings. The van der Waals surface area contributed by atoms with Crippen LogP contribution < -0.4 is 0 Å². The number of oxime groups is 1. The van der Waals surface area contributed by atoms with E-state index < -0.39 is 0 Å². The van der Waals surface area contributed by atoms with Gasteiger partial charge in [-0.25, -0.2) is 0 Å². The summed E-state index contributed by atoms with van der Waals surface area (Å²) in [7, 11) is 0. The molecule has 0 saturated carbocycles. The van der Waals surface area contributed by atoms with Crippen LogP contribution in [0.5, 0.6) is 0 Å². The first kappa shape index (κ1) is 8.48. The molecule has 0 saturated heterocycles. The van der Waals surface area contributed by atoms with Gasteiger partial charge in [0, 0.05) is 4.88 Å². The number of thiophene rings is 1. The quantitative estimate of drug-likeness (QED) is 0.515. The molecule has 0 unspecified atom stereocenters. The minimum absolute atomic E-state index is 0.916. The van der Waals surface area contributed by atoms with Gasteiger partial charge < -0.3 is 5.21 Å². The highest BCUT2D eigenvalue weighted by molar-refractivity contribution is 7.14. The number of nitrogens with zero attached hydrogens (tertiary/aromatic N) is 1. The van der Waals surface area contributed by atoms with Crippen LogP contribution in [0.1, 0.15) is 40.1 Å². The number of aryl methyl sites for hydroxylation is 1. The average molecular weight is 207 g/mol. The topological polar surface area (TPSA) is 32.6 Å². The Hall–Kier alpha value is -0.830. The maximum absolute atomic E-state index is 8.87. The van der Waals surface area contributed by atoms with Crippen molar-refractivity contribution in [3.8, 4) is 0 Å². The van der Waals surface area contributed by atoms with Crippen molar-refractivity contribution in [1.29, 1.82) is 0 Å². The monoisotopic (exact) mass is 207 g/mol. The van der Waals surface area contributed by atoms with Crippen LogP contribution in [0.4, 0.5) is 0 Å². The molecular formula is C11H13NOS. The Kier molecular flexibility index (Phi) is 1.87. The molecule has 0 spiro atoms. The molecule has 0 bridgehead atoms. The standard InChI is InChI=1S/C11H13NOS/c13-12-9-6-5-8-7-3-1-2-4-10(7)14-11(8)9/h13H,1-6H2/b12-9-. The van der Waals surface area contributed by atoms with E-state index in [-0.39, 0.29) is 0 Å². The van der Waals surface area contributed by atoms with Crippen molar-refractivity contribution in [2.24, 2.45) is 5.16 Å². The van der Waals surface area contributed by atoms with Crippen LogP contribution >= 0.6 is 11.3 Å². The Balaban J connectivity index is 2.15. The fourth-order valence-corrected chi connectivity index (χ4v) is 4.03. The highest BCUT2D eigenvalue weighted by Gasteiger charge is 2.27. The van der Waals surface area contributed by atoms with E-state index in [0.717, 1.165) is 18.6 Å². The predicted molar refractivity (Wildman–Crippen MR) is 57.6 cm³/mol. The molecule has 1 aromatic rings. The second-order valence-electron chi connectivity index (χ2n) is 4.07. The van der Waals surface area contributed by atoms with Gasteiger partial charge in [-0.1, -0.05) is 5.16 Å². The smallest absolute Gasteiger partial charge is 0.0973 e. The highest BCUT2D eigenvalue weighted by Crippen LogP contribution is 2.39. The Morgan fingerprint density at radius 1 is 1.00 bits per heavy atom. The van der Waals surface area contributed by atoms with Crippen LogP contribution in [0.15, 0.2) is 5.16 Å². The first-order chi connectivity index (χ1) is 6.90. The fraction of sp³-hybridized carbons (Fsp3) is 0.545. The van der Waals surface area contributed by atoms with Crippen molar-refractivity contribution in [3.63, 3.8) is 0 Å². The van der Waals surface area contributed by atoms with Crippen molar-refractivity contribution < 1.29 is 5.21 Å². The van der Waals surface area contributed by atoms with Gasteiger partial charge in [-0.2, -0.15) is 0 Å². The van der Waals surface area contributed by atoms with E-state index in [0.29, 0.717) is 0 Å². The number of hydrogen-bond donors (Lipinski definition) is 1. The van der Waals surface area contributed by atoms with E-state index in [4.69, 9.17) is 5.21 Å². The van der Waals surface area contributed by atoms with Gasteiger partial charge in [-0.05, 0) is 49.7 Å². The third-order valence-electron chi connectivity index (χ3n) is 3.28. The molecule has 0 atom stereocenters. The van der Waals surface area contributed by atoms with Crippen LogP contribution in [0, 0.1) is 0 Å². The van der Waals surface area contributed by atoms with Crippen molar-refractivity contribution >= 4 is 17.0 Å². The molecule has 1 aromatic heterocycles. The van der Waals surface area contributed by atoms with Gasteiger partial charge in [-0.3, -0.25) is 0 Å². The minimum atomic E-state index is 0.916. The molecular weight excluding hydrogens is 194 g/mol. The van der Waals surface area contributed by atoms with Crippen molar-refractivity contribution in [3.05, 3.63) is 20.9 Å². The molecule has 14 heavy (non-hydrogen) atoms. The van der Waals surface area contributed by atoms with Crippen LogP contribution in [0.25, 0.3) is 0 Å². The largest absolute Gasteiger partial charge is 0.411 e. The summed E-state index contributed by atoms with van der Waals surface area (Å²) >= 11 is 1.87. The van der Waals surface area contributed by atoms with E-state index in [2.05, 4.69) is 5.16 Å². The summed E-state index contributed by atoms with van der Waals surface area (Å²) in [5, 5.41) is 12.3. The zero-order valence-electron chi connectivity index (χ0n) is 8.05. The molecule has 2 nitrogen and oxygen atoms in total. The third kappa shape index (κ3) is 1.05. The zero-order chi connectivity index (χ0) is 9.54. The summed E-state index contributed by atoms with van der Waals surface area (Å²) in [5.41, 5.74) is 4.01. The average Bonchev–Trinajstić information content (AvgIpc) is 2.75. The lowest BCUT2D eigenvalue weighted by Gasteiger charge is -2.11. The summed E-state index contributed by atoms with van der Waals surface area (Å²) in [6.45, 7) is 0. The summed E-state index contributed by atoms with van der Waals surface area (Å²) < 4.78 is 0. The molecule has 0 radical (unpaired) electrons. The van der Waals surface area contributed by atoms with E-state index in [1.165, 1.54) is 36.1 Å². The SMILES string of the molecule is O/N=C1/CCc2c1sc1c2CCCC1. The van der Waals surface area contributed by atoms with Gasteiger partial charge in [0.1, 0.15) is 0 Å². The van der Waals surface area contributed by atoms with E-state index in [9.17, 15) is 0 Å². The predicted octanol–water partition coefficient (Wildman–Crippen LogP) is 2.75. The Morgan fingerprint density at radius 2 is 1.86 bits per heavy atom. The van der Waals surface area contributed by atoms with Gasteiger partial charge in [-0.15, -0.1) is 11.3 Å². The molecule has 1 N–H and O–H groups in total. The number of hydrogen-bond acceptors (Lipinski definition) is 3. The first-order valence-corrected chi connectivity index (χ1v) is 6.06. The molecule has 0 aromatic carbocycles. The molecule has 3 heteroatoms. The molecule has 0 amide bonds. The lowest BCUT2D eigenvalue weighted by molar-refractivity contribution is 0.318. The number of rotatable bonds is 0. The Labute approximate surface area is 87.3 Å². The van der Waals surface area contributed by atoms with Crippen LogP contribution in [-0.4, -0.2) is 10.9 Å². The van der Waals surface area contributed by atoms with Crippen molar-refractivity contribution in [1.82, 2.24) is 0 Å². The Bertz CT molecular complexity index is 406. The summed E-state index contributed by atoms with van der Waals surface area (Å²) in [4.78, 5) is 2.83. The molecule has 1 heterocycles. The van der Waals surface area contributed by atoms with E-state index >= 15 is 0 Å². The van der Waals surface area contributed by atoms with Gasteiger partial charge in [0.15, 0.2) is 0 Å². The molecule has 2 aliphatic carbocycles. The van der Waals surface area contributed by atoms with E-state index in [1.54, 1.807) is 10.4 Å². The normalized spacial score (nSPS) is 22.4. The minimum Gasteiger partial charge on any atom is -0.411 e. The van der Waals surface area contributed by atoms with Crippen LogP contribution in [0.3, 0.4) is 0 Å². The fourth-order valence-electron chi connectivity index (χ4n) is 2.58. The van der Waals surface area contributed by atoms with Crippen LogP contribution in [0.2, 0.25) is 0 Å². The van der Waals surface area contributed by atoms with Gasteiger partial charge in [0.2, 0.25) is 0 Å². The summed E-state index contributed by atoms with van der Waals surface area (Å²) in [5.74, 6) is 0. The molecule has 74 valence electrons. The molecule has 2 aliphatic rings. The second-order valence-corrected chi connectivity index (χ2v) is 5.17. The lowest BCUT2D eigenvalue weighted by atomic mass is 9.95. The lowest BCUT2D eigenvalue weighted by Crippen LogP contribution is -2.00. The highest BCUT2D eigenvalue weighted by atomic mass is 32.1. The maximum atomic E-state index is 8.87. The van der Waals surface area contributed by atoms with Gasteiger partial charge >= 0.3 is 0 Å². The Morgan fingerprint density at radius 3 is 2.71 bits per heavy atom. The molecule has 0 aliphatic heterocycles. The molecule has 3 rings (SSSR count). The van der Waals surface area contributed by atoms with Crippen molar-refractivity contribution in [2.75, 3.05) is 0 Å². The van der Waals surface area contributed by atoms with Crippen LogP contribution in [-0.2, 0) is 19.3 Å². The zero-order valence-corrected chi connectivity index (χ0v) is 8.86. The number of fused-ring (bicyclic) bond motifs is 3. The summed E-state index contributed by atoms with van der Waals surface area (Å²) in [6.07, 6.45) is 7.19. The van der Waals surface area contributed by atoms with Gasteiger partial charge in [0.25, 0.3) is 0 Å².